The fraction of sp³-hybridized carbons (Fsp3) is 0.769. The van der Waals surface area contributed by atoms with Crippen LogP contribution in [-0.2, 0) is 14.3 Å². The highest BCUT2D eigenvalue weighted by Crippen LogP contribution is 2.18. The van der Waals surface area contributed by atoms with Gasteiger partial charge in [-0.05, 0) is 31.3 Å². The van der Waals surface area contributed by atoms with Crippen molar-refractivity contribution in [3.05, 3.63) is 0 Å². The third-order valence-corrected chi connectivity index (χ3v) is 4.09. The number of hydrogen-bond donors (Lipinski definition) is 2. The number of carboxylic acid groups (broad SMARTS) is 1. The van der Waals surface area contributed by atoms with Gasteiger partial charge in [0.2, 0.25) is 0 Å². The third kappa shape index (κ3) is 5.45. The zero-order valence-corrected chi connectivity index (χ0v) is 13.1. The van der Waals surface area contributed by atoms with Crippen molar-refractivity contribution in [2.24, 2.45) is 5.92 Å². The fourth-order valence-corrected chi connectivity index (χ4v) is 2.73. The summed E-state index contributed by atoms with van der Waals surface area (Å²) in [5.41, 5.74) is 0. The van der Waals surface area contributed by atoms with E-state index in [1.54, 1.807) is 0 Å². The van der Waals surface area contributed by atoms with Gasteiger partial charge >= 0.3 is 18.0 Å². The molecule has 2 N–H and O–H groups in total. The van der Waals surface area contributed by atoms with Gasteiger partial charge in [-0.2, -0.15) is 11.8 Å². The number of likely N-dealkylation sites (tertiary alicyclic amines) is 1. The Morgan fingerprint density at radius 2 is 2.19 bits per heavy atom. The number of esters is 1. The lowest BCUT2D eigenvalue weighted by molar-refractivity contribution is -0.147. The van der Waals surface area contributed by atoms with Gasteiger partial charge < -0.3 is 20.1 Å². The number of urea groups is 1. The third-order valence-electron chi connectivity index (χ3n) is 3.45. The van der Waals surface area contributed by atoms with E-state index in [1.807, 2.05) is 6.26 Å². The first kappa shape index (κ1) is 17.6. The summed E-state index contributed by atoms with van der Waals surface area (Å²) in [6, 6.07) is -1.33. The Kier molecular flexibility index (Phi) is 7.35. The van der Waals surface area contributed by atoms with Gasteiger partial charge in [0.05, 0.1) is 13.0 Å². The summed E-state index contributed by atoms with van der Waals surface area (Å²) in [6.45, 7) is 0.793. The van der Waals surface area contributed by atoms with Crippen LogP contribution in [0, 0.1) is 5.92 Å². The number of carboxylic acids is 1. The lowest BCUT2D eigenvalue weighted by atomic mass is 9.98. The highest BCUT2D eigenvalue weighted by molar-refractivity contribution is 7.98. The van der Waals surface area contributed by atoms with Crippen LogP contribution in [0.4, 0.5) is 4.79 Å². The van der Waals surface area contributed by atoms with Crippen LogP contribution in [0.25, 0.3) is 0 Å². The van der Waals surface area contributed by atoms with Gasteiger partial charge in [0, 0.05) is 13.1 Å². The predicted octanol–water partition coefficient (Wildman–Crippen LogP) is 0.787. The van der Waals surface area contributed by atoms with Crippen LogP contribution in [0.15, 0.2) is 0 Å². The van der Waals surface area contributed by atoms with Crippen LogP contribution in [0.3, 0.4) is 0 Å². The molecule has 1 rings (SSSR count). The predicted molar refractivity (Wildman–Crippen MR) is 79.3 cm³/mol. The Labute approximate surface area is 128 Å². The maximum absolute atomic E-state index is 12.1. The maximum atomic E-state index is 12.1. The number of nitrogens with zero attached hydrogens (tertiary/aromatic N) is 1. The number of rotatable bonds is 6. The SMILES string of the molecule is COC(=O)C1CCCN(C(=O)NC(CCSC)C(=O)O)C1. The zero-order valence-electron chi connectivity index (χ0n) is 12.3. The Bertz CT molecular complexity index is 391. The van der Waals surface area contributed by atoms with E-state index in [1.165, 1.54) is 23.8 Å². The summed E-state index contributed by atoms with van der Waals surface area (Å²) in [5, 5.41) is 11.6. The minimum Gasteiger partial charge on any atom is -0.480 e. The summed E-state index contributed by atoms with van der Waals surface area (Å²) in [6.07, 6.45) is 3.64. The molecular formula is C13H22N2O5S. The second kappa shape index (κ2) is 8.76. The molecule has 1 aliphatic heterocycles. The van der Waals surface area contributed by atoms with E-state index in [9.17, 15) is 14.4 Å². The van der Waals surface area contributed by atoms with Crippen LogP contribution < -0.4 is 5.32 Å². The quantitative estimate of drug-likeness (QED) is 0.703. The zero-order chi connectivity index (χ0) is 15.8. The van der Waals surface area contributed by atoms with Crippen molar-refractivity contribution in [2.45, 2.75) is 25.3 Å². The molecule has 0 aliphatic carbocycles. The minimum atomic E-state index is -1.04. The molecule has 2 atom stereocenters. The summed E-state index contributed by atoms with van der Waals surface area (Å²) in [7, 11) is 1.32. The number of carbonyl (C=O) groups excluding carboxylic acids is 2. The molecule has 2 unspecified atom stereocenters. The number of ether oxygens (including phenoxy) is 1. The van der Waals surface area contributed by atoms with Gasteiger partial charge in [0.25, 0.3) is 0 Å². The Morgan fingerprint density at radius 3 is 2.76 bits per heavy atom. The normalized spacial score (nSPS) is 19.7. The summed E-state index contributed by atoms with van der Waals surface area (Å²) < 4.78 is 4.70. The molecule has 0 radical (unpaired) electrons. The van der Waals surface area contributed by atoms with E-state index in [2.05, 4.69) is 5.32 Å². The summed E-state index contributed by atoms with van der Waals surface area (Å²) in [4.78, 5) is 36.3. The number of carbonyl (C=O) groups is 3. The summed E-state index contributed by atoms with van der Waals surface area (Å²) >= 11 is 1.53. The van der Waals surface area contributed by atoms with E-state index >= 15 is 0 Å². The molecule has 1 fully saturated rings. The van der Waals surface area contributed by atoms with Gasteiger partial charge in [-0.3, -0.25) is 4.79 Å². The van der Waals surface area contributed by atoms with E-state index in [0.29, 0.717) is 31.6 Å². The molecule has 0 aromatic heterocycles. The second-order valence-electron chi connectivity index (χ2n) is 4.93. The standard InChI is InChI=1S/C13H22N2O5S/c1-20-12(18)9-4-3-6-15(8-9)13(19)14-10(11(16)17)5-7-21-2/h9-10H,3-8H2,1-2H3,(H,14,19)(H,16,17). The summed E-state index contributed by atoms with van der Waals surface area (Å²) in [5.74, 6) is -1.05. The molecule has 21 heavy (non-hydrogen) atoms. The molecule has 1 aliphatic rings. The number of methoxy groups -OCH3 is 1. The Morgan fingerprint density at radius 1 is 1.48 bits per heavy atom. The molecule has 1 saturated heterocycles. The van der Waals surface area contributed by atoms with Crippen LogP contribution in [0.1, 0.15) is 19.3 Å². The number of nitrogens with one attached hydrogen (secondary N) is 1. The van der Waals surface area contributed by atoms with Crippen molar-refractivity contribution in [2.75, 3.05) is 32.2 Å². The molecule has 120 valence electrons. The van der Waals surface area contributed by atoms with Crippen molar-refractivity contribution in [1.29, 1.82) is 0 Å². The topological polar surface area (TPSA) is 95.9 Å². The number of aliphatic carboxylic acids is 1. The van der Waals surface area contributed by atoms with E-state index in [-0.39, 0.29) is 18.4 Å². The fourth-order valence-electron chi connectivity index (χ4n) is 2.25. The van der Waals surface area contributed by atoms with E-state index < -0.39 is 18.0 Å². The first-order valence-corrected chi connectivity index (χ1v) is 8.24. The van der Waals surface area contributed by atoms with Crippen molar-refractivity contribution in [3.63, 3.8) is 0 Å². The lowest BCUT2D eigenvalue weighted by Gasteiger charge is -2.32. The van der Waals surface area contributed by atoms with Gasteiger partial charge in [0.15, 0.2) is 0 Å². The molecule has 7 nitrogen and oxygen atoms in total. The molecule has 0 saturated carbocycles. The number of hydrogen-bond acceptors (Lipinski definition) is 5. The lowest BCUT2D eigenvalue weighted by Crippen LogP contribution is -2.51. The van der Waals surface area contributed by atoms with Crippen LogP contribution in [0.2, 0.25) is 0 Å². The highest BCUT2D eigenvalue weighted by atomic mass is 32.2. The van der Waals surface area contributed by atoms with E-state index in [4.69, 9.17) is 9.84 Å². The molecule has 0 aromatic carbocycles. The largest absolute Gasteiger partial charge is 0.480 e. The van der Waals surface area contributed by atoms with Gasteiger partial charge in [-0.15, -0.1) is 0 Å². The molecule has 0 aromatic rings. The maximum Gasteiger partial charge on any atom is 0.326 e. The number of thioether (sulfide) groups is 1. The van der Waals surface area contributed by atoms with Crippen LogP contribution in [-0.4, -0.2) is 66.2 Å². The monoisotopic (exact) mass is 318 g/mol. The van der Waals surface area contributed by atoms with Crippen molar-refractivity contribution >= 4 is 29.7 Å². The number of amides is 2. The minimum absolute atomic E-state index is 0.271. The van der Waals surface area contributed by atoms with Gasteiger partial charge in [-0.1, -0.05) is 0 Å². The molecule has 0 spiro atoms. The molecule has 2 amide bonds. The molecule has 1 heterocycles. The van der Waals surface area contributed by atoms with Crippen LogP contribution in [0.5, 0.6) is 0 Å². The Balaban J connectivity index is 2.56. The number of piperidine rings is 1. The van der Waals surface area contributed by atoms with Crippen molar-refractivity contribution in [3.8, 4) is 0 Å². The first-order valence-electron chi connectivity index (χ1n) is 6.84. The molecule has 0 bridgehead atoms. The van der Waals surface area contributed by atoms with Crippen LogP contribution >= 0.6 is 11.8 Å². The average molecular weight is 318 g/mol. The molecular weight excluding hydrogens is 296 g/mol. The second-order valence-corrected chi connectivity index (χ2v) is 5.92. The smallest absolute Gasteiger partial charge is 0.326 e. The van der Waals surface area contributed by atoms with Crippen molar-refractivity contribution in [1.82, 2.24) is 10.2 Å². The molecule has 8 heteroatoms. The van der Waals surface area contributed by atoms with Gasteiger partial charge in [0.1, 0.15) is 6.04 Å². The first-order chi connectivity index (χ1) is 9.99. The van der Waals surface area contributed by atoms with E-state index in [0.717, 1.165) is 0 Å². The highest BCUT2D eigenvalue weighted by Gasteiger charge is 2.30. The van der Waals surface area contributed by atoms with Crippen molar-refractivity contribution < 1.29 is 24.2 Å². The Hall–Kier alpha value is -1.44. The van der Waals surface area contributed by atoms with Gasteiger partial charge in [-0.25, -0.2) is 9.59 Å². The average Bonchev–Trinajstić information content (AvgIpc) is 2.50.